The van der Waals surface area contributed by atoms with E-state index in [1.807, 2.05) is 12.1 Å². The molecule has 2 aromatic heterocycles. The fraction of sp³-hybridized carbons (Fsp3) is 0.381. The molecule has 1 unspecified atom stereocenters. The van der Waals surface area contributed by atoms with Crippen LogP contribution in [0.15, 0.2) is 51.9 Å². The SMILES string of the molecule is Cn1nc(C(=O)NCC(c2ccco2)N2CCCCC2)c2ccccc2c1=O. The smallest absolute Gasteiger partial charge is 0.274 e. The standard InChI is InChI=1S/C21H24N4O3/c1-24-21(27)16-9-4-3-8-15(16)19(23-24)20(26)22-14-17(18-10-7-13-28-18)25-11-5-2-6-12-25/h3-4,7-10,13,17H,2,5-6,11-12,14H2,1H3,(H,22,26). The Morgan fingerprint density at radius 1 is 1.14 bits per heavy atom. The van der Waals surface area contributed by atoms with Crippen LogP contribution in [0.2, 0.25) is 0 Å². The molecular formula is C21H24N4O3. The number of carbonyl (C=O) groups is 1. The molecule has 1 aromatic carbocycles. The lowest BCUT2D eigenvalue weighted by Crippen LogP contribution is -2.41. The summed E-state index contributed by atoms with van der Waals surface area (Å²) in [6.45, 7) is 2.40. The molecule has 7 heteroatoms. The summed E-state index contributed by atoms with van der Waals surface area (Å²) in [5.74, 6) is 0.556. The second kappa shape index (κ2) is 7.98. The average Bonchev–Trinajstić information content (AvgIpc) is 3.26. The third kappa shape index (κ3) is 3.57. The molecule has 1 saturated heterocycles. The van der Waals surface area contributed by atoms with Crippen LogP contribution in [0.25, 0.3) is 10.8 Å². The number of nitrogens with one attached hydrogen (secondary N) is 1. The first-order valence-corrected chi connectivity index (χ1v) is 9.67. The highest BCUT2D eigenvalue weighted by molar-refractivity contribution is 6.04. The lowest BCUT2D eigenvalue weighted by molar-refractivity contribution is 0.0909. The number of carbonyl (C=O) groups excluding carboxylic acids is 1. The van der Waals surface area contributed by atoms with Crippen molar-refractivity contribution in [3.8, 4) is 0 Å². The summed E-state index contributed by atoms with van der Waals surface area (Å²) in [5.41, 5.74) is 0.0449. The Bertz CT molecular complexity index is 1020. The van der Waals surface area contributed by atoms with Crippen LogP contribution in [0.1, 0.15) is 41.6 Å². The predicted molar refractivity (Wildman–Crippen MR) is 106 cm³/mol. The molecule has 1 aliphatic rings. The zero-order chi connectivity index (χ0) is 19.5. The van der Waals surface area contributed by atoms with E-state index in [1.165, 1.54) is 11.1 Å². The van der Waals surface area contributed by atoms with Gasteiger partial charge in [0.2, 0.25) is 0 Å². The van der Waals surface area contributed by atoms with Gasteiger partial charge in [-0.25, -0.2) is 4.68 Å². The van der Waals surface area contributed by atoms with Gasteiger partial charge >= 0.3 is 0 Å². The average molecular weight is 380 g/mol. The van der Waals surface area contributed by atoms with E-state index in [1.54, 1.807) is 37.6 Å². The second-order valence-corrected chi connectivity index (χ2v) is 7.16. The highest BCUT2D eigenvalue weighted by Crippen LogP contribution is 2.24. The fourth-order valence-corrected chi connectivity index (χ4v) is 3.86. The number of likely N-dealkylation sites (tertiary alicyclic amines) is 1. The molecule has 7 nitrogen and oxygen atoms in total. The van der Waals surface area contributed by atoms with E-state index < -0.39 is 0 Å². The maximum atomic E-state index is 12.9. The molecule has 3 heterocycles. The summed E-state index contributed by atoms with van der Waals surface area (Å²) in [4.78, 5) is 27.6. The number of fused-ring (bicyclic) bond motifs is 1. The van der Waals surface area contributed by atoms with Crippen molar-refractivity contribution in [2.24, 2.45) is 7.05 Å². The first kappa shape index (κ1) is 18.4. The molecule has 0 spiro atoms. The molecule has 1 atom stereocenters. The number of hydrogen-bond donors (Lipinski definition) is 1. The van der Waals surface area contributed by atoms with Crippen molar-refractivity contribution >= 4 is 16.7 Å². The van der Waals surface area contributed by atoms with Gasteiger partial charge in [-0.3, -0.25) is 14.5 Å². The van der Waals surface area contributed by atoms with Gasteiger partial charge in [0.1, 0.15) is 5.76 Å². The van der Waals surface area contributed by atoms with Crippen molar-refractivity contribution in [1.82, 2.24) is 20.0 Å². The number of nitrogens with zero attached hydrogens (tertiary/aromatic N) is 3. The van der Waals surface area contributed by atoms with Crippen molar-refractivity contribution in [2.75, 3.05) is 19.6 Å². The van der Waals surface area contributed by atoms with Crippen LogP contribution in [0, 0.1) is 0 Å². The van der Waals surface area contributed by atoms with Gasteiger partial charge in [0.15, 0.2) is 5.69 Å². The van der Waals surface area contributed by atoms with Crippen LogP contribution >= 0.6 is 0 Å². The van der Waals surface area contributed by atoms with Gasteiger partial charge in [0.25, 0.3) is 11.5 Å². The summed E-state index contributed by atoms with van der Waals surface area (Å²) in [6, 6.07) is 10.9. The maximum Gasteiger partial charge on any atom is 0.274 e. The monoisotopic (exact) mass is 380 g/mol. The van der Waals surface area contributed by atoms with Gasteiger partial charge in [-0.05, 0) is 44.1 Å². The number of amides is 1. The minimum Gasteiger partial charge on any atom is -0.468 e. The van der Waals surface area contributed by atoms with E-state index in [0.29, 0.717) is 17.3 Å². The first-order chi connectivity index (χ1) is 13.6. The second-order valence-electron chi connectivity index (χ2n) is 7.16. The van der Waals surface area contributed by atoms with Crippen LogP contribution in [0.4, 0.5) is 0 Å². The Hall–Kier alpha value is -2.93. The molecule has 1 aliphatic heterocycles. The normalized spacial score (nSPS) is 16.2. The van der Waals surface area contributed by atoms with Crippen molar-refractivity contribution < 1.29 is 9.21 Å². The molecule has 1 N–H and O–H groups in total. The molecule has 0 radical (unpaired) electrons. The number of benzene rings is 1. The van der Waals surface area contributed by atoms with Gasteiger partial charge in [-0.2, -0.15) is 5.10 Å². The summed E-state index contributed by atoms with van der Waals surface area (Å²) in [7, 11) is 1.56. The summed E-state index contributed by atoms with van der Waals surface area (Å²) < 4.78 is 6.85. The number of piperidine rings is 1. The maximum absolute atomic E-state index is 12.9. The Morgan fingerprint density at radius 2 is 1.89 bits per heavy atom. The van der Waals surface area contributed by atoms with Crippen molar-refractivity contribution in [1.29, 1.82) is 0 Å². The molecule has 4 rings (SSSR count). The van der Waals surface area contributed by atoms with Crippen LogP contribution in [-0.2, 0) is 7.05 Å². The highest BCUT2D eigenvalue weighted by Gasteiger charge is 2.26. The van der Waals surface area contributed by atoms with Crippen LogP contribution in [0.3, 0.4) is 0 Å². The molecular weight excluding hydrogens is 356 g/mol. The topological polar surface area (TPSA) is 80.4 Å². The third-order valence-corrected chi connectivity index (χ3v) is 5.33. The van der Waals surface area contributed by atoms with E-state index in [-0.39, 0.29) is 23.2 Å². The predicted octanol–water partition coefficient (Wildman–Crippen LogP) is 2.48. The fourth-order valence-electron chi connectivity index (χ4n) is 3.86. The lowest BCUT2D eigenvalue weighted by atomic mass is 10.1. The Morgan fingerprint density at radius 3 is 2.61 bits per heavy atom. The number of aromatic nitrogens is 2. The van der Waals surface area contributed by atoms with Gasteiger partial charge in [-0.15, -0.1) is 0 Å². The Kier molecular flexibility index (Phi) is 5.25. The summed E-state index contributed by atoms with van der Waals surface area (Å²) >= 11 is 0. The van der Waals surface area contributed by atoms with Crippen LogP contribution < -0.4 is 10.9 Å². The molecule has 1 amide bonds. The molecule has 0 aliphatic carbocycles. The van der Waals surface area contributed by atoms with Crippen molar-refractivity contribution in [2.45, 2.75) is 25.3 Å². The van der Waals surface area contributed by atoms with Crippen LogP contribution in [-0.4, -0.2) is 40.2 Å². The summed E-state index contributed by atoms with van der Waals surface area (Å²) in [6.07, 6.45) is 5.20. The van der Waals surface area contributed by atoms with Crippen molar-refractivity contribution in [3.05, 3.63) is 64.5 Å². The zero-order valence-electron chi connectivity index (χ0n) is 15.9. The zero-order valence-corrected chi connectivity index (χ0v) is 15.9. The van der Waals surface area contributed by atoms with E-state index in [9.17, 15) is 9.59 Å². The molecule has 28 heavy (non-hydrogen) atoms. The number of hydrogen-bond acceptors (Lipinski definition) is 5. The molecule has 1 fully saturated rings. The molecule has 0 bridgehead atoms. The molecule has 0 saturated carbocycles. The van der Waals surface area contributed by atoms with Gasteiger partial charge in [-0.1, -0.05) is 24.6 Å². The highest BCUT2D eigenvalue weighted by atomic mass is 16.3. The molecule has 3 aromatic rings. The van der Waals surface area contributed by atoms with Gasteiger partial charge in [0.05, 0.1) is 17.7 Å². The number of furan rings is 1. The Balaban J connectivity index is 1.58. The van der Waals surface area contributed by atoms with E-state index in [0.717, 1.165) is 31.7 Å². The van der Waals surface area contributed by atoms with E-state index >= 15 is 0 Å². The third-order valence-electron chi connectivity index (χ3n) is 5.33. The number of rotatable bonds is 5. The largest absolute Gasteiger partial charge is 0.468 e. The minimum atomic E-state index is -0.291. The molecule has 146 valence electrons. The van der Waals surface area contributed by atoms with E-state index in [2.05, 4.69) is 15.3 Å². The van der Waals surface area contributed by atoms with Crippen molar-refractivity contribution in [3.63, 3.8) is 0 Å². The van der Waals surface area contributed by atoms with Gasteiger partial charge < -0.3 is 9.73 Å². The Labute approximate surface area is 162 Å². The summed E-state index contributed by atoms with van der Waals surface area (Å²) in [5, 5.41) is 8.27. The quantitative estimate of drug-likeness (QED) is 0.736. The first-order valence-electron chi connectivity index (χ1n) is 9.67. The number of aryl methyl sites for hydroxylation is 1. The van der Waals surface area contributed by atoms with E-state index in [4.69, 9.17) is 4.42 Å². The van der Waals surface area contributed by atoms with Gasteiger partial charge in [0, 0.05) is 19.0 Å². The minimum absolute atomic E-state index is 0.0157. The van der Waals surface area contributed by atoms with Crippen LogP contribution in [0.5, 0.6) is 0 Å². The lowest BCUT2D eigenvalue weighted by Gasteiger charge is -2.33.